The number of amides is 2. The minimum absolute atomic E-state index is 0.0841. The number of carboxylic acids is 1. The summed E-state index contributed by atoms with van der Waals surface area (Å²) in [6.45, 7) is 0.152. The summed E-state index contributed by atoms with van der Waals surface area (Å²) in [6.07, 6.45) is 1.10. The lowest BCUT2D eigenvalue weighted by molar-refractivity contribution is -0.147. The average Bonchev–Trinajstić information content (AvgIpc) is 3.03. The number of likely N-dealkylation sites (tertiary alicyclic amines) is 1. The van der Waals surface area contributed by atoms with E-state index in [1.807, 2.05) is 0 Å². The van der Waals surface area contributed by atoms with Gasteiger partial charge in [0.25, 0.3) is 5.91 Å². The maximum atomic E-state index is 11.9. The number of nitrogens with one attached hydrogen (secondary N) is 1. The molecule has 2 heterocycles. The van der Waals surface area contributed by atoms with Crippen LogP contribution in [0.5, 0.6) is 0 Å². The molecule has 0 aliphatic carbocycles. The molecular formula is C12H13BrN2O5. The van der Waals surface area contributed by atoms with E-state index in [9.17, 15) is 14.4 Å². The van der Waals surface area contributed by atoms with Gasteiger partial charge in [-0.3, -0.25) is 9.59 Å². The highest BCUT2D eigenvalue weighted by molar-refractivity contribution is 9.10. The van der Waals surface area contributed by atoms with Gasteiger partial charge in [0.1, 0.15) is 6.04 Å². The van der Waals surface area contributed by atoms with Crippen molar-refractivity contribution in [3.05, 3.63) is 22.6 Å². The van der Waals surface area contributed by atoms with Gasteiger partial charge in [0, 0.05) is 6.54 Å². The first-order valence-corrected chi connectivity index (χ1v) is 6.84. The third-order valence-electron chi connectivity index (χ3n) is 3.06. The van der Waals surface area contributed by atoms with Crippen molar-refractivity contribution < 1.29 is 23.9 Å². The van der Waals surface area contributed by atoms with E-state index in [-0.39, 0.29) is 12.3 Å². The number of aliphatic carboxylic acids is 1. The van der Waals surface area contributed by atoms with Gasteiger partial charge in [-0.15, -0.1) is 0 Å². The Bertz CT molecular complexity index is 542. The molecule has 0 aromatic carbocycles. The summed E-state index contributed by atoms with van der Waals surface area (Å²) in [5.41, 5.74) is 0. The molecule has 1 aromatic heterocycles. The smallest absolute Gasteiger partial charge is 0.326 e. The van der Waals surface area contributed by atoms with E-state index in [4.69, 9.17) is 9.52 Å². The van der Waals surface area contributed by atoms with Crippen LogP contribution in [0.15, 0.2) is 21.2 Å². The van der Waals surface area contributed by atoms with Crippen LogP contribution in [0.25, 0.3) is 0 Å². The molecule has 0 unspecified atom stereocenters. The topological polar surface area (TPSA) is 99.9 Å². The number of rotatable bonds is 4. The molecule has 2 amide bonds. The van der Waals surface area contributed by atoms with Gasteiger partial charge in [0.05, 0.1) is 6.54 Å². The third kappa shape index (κ3) is 3.19. The van der Waals surface area contributed by atoms with Crippen molar-refractivity contribution in [2.45, 2.75) is 18.9 Å². The molecule has 108 valence electrons. The maximum absolute atomic E-state index is 11.9. The van der Waals surface area contributed by atoms with Crippen LogP contribution >= 0.6 is 15.9 Å². The number of halogens is 1. The van der Waals surface area contributed by atoms with Crippen LogP contribution in [-0.2, 0) is 9.59 Å². The van der Waals surface area contributed by atoms with Crippen LogP contribution in [-0.4, -0.2) is 46.9 Å². The lowest BCUT2D eigenvalue weighted by Crippen LogP contribution is -2.45. The quantitative estimate of drug-likeness (QED) is 0.843. The van der Waals surface area contributed by atoms with Gasteiger partial charge in [-0.2, -0.15) is 0 Å². The van der Waals surface area contributed by atoms with Gasteiger partial charge in [-0.25, -0.2) is 4.79 Å². The Morgan fingerprint density at radius 2 is 2.20 bits per heavy atom. The molecule has 2 N–H and O–H groups in total. The zero-order chi connectivity index (χ0) is 14.7. The van der Waals surface area contributed by atoms with Crippen molar-refractivity contribution in [1.29, 1.82) is 0 Å². The first kappa shape index (κ1) is 14.6. The molecule has 2 rings (SSSR count). The van der Waals surface area contributed by atoms with Crippen LogP contribution in [0.2, 0.25) is 0 Å². The largest absolute Gasteiger partial charge is 0.480 e. The van der Waals surface area contributed by atoms with E-state index in [2.05, 4.69) is 21.2 Å². The van der Waals surface area contributed by atoms with E-state index in [1.54, 1.807) is 6.07 Å². The highest BCUT2D eigenvalue weighted by atomic mass is 79.9. The fraction of sp³-hybridized carbons (Fsp3) is 0.417. The highest BCUT2D eigenvalue weighted by Crippen LogP contribution is 2.17. The van der Waals surface area contributed by atoms with Gasteiger partial charge >= 0.3 is 5.97 Å². The minimum atomic E-state index is -1.02. The van der Waals surface area contributed by atoms with Crippen molar-refractivity contribution in [2.24, 2.45) is 0 Å². The Morgan fingerprint density at radius 1 is 1.45 bits per heavy atom. The second kappa shape index (κ2) is 6.08. The first-order valence-electron chi connectivity index (χ1n) is 6.05. The maximum Gasteiger partial charge on any atom is 0.326 e. The van der Waals surface area contributed by atoms with Gasteiger partial charge in [0.15, 0.2) is 10.4 Å². The molecule has 0 bridgehead atoms. The predicted octanol–water partition coefficient (Wildman–Crippen LogP) is 0.848. The standard InChI is InChI=1S/C12H13BrN2O5/c13-9-4-3-8(20-9)11(17)14-6-10(16)15-5-1-2-7(15)12(18)19/h3-4,7H,1-2,5-6H2,(H,14,17)(H,18,19)/t7-/m1/s1. The van der Waals surface area contributed by atoms with Crippen LogP contribution in [0, 0.1) is 0 Å². The molecule has 1 saturated heterocycles. The normalized spacial score (nSPS) is 18.1. The van der Waals surface area contributed by atoms with Crippen LogP contribution in [0.1, 0.15) is 23.4 Å². The molecule has 1 aliphatic heterocycles. The van der Waals surface area contributed by atoms with Crippen LogP contribution < -0.4 is 5.32 Å². The molecule has 0 radical (unpaired) electrons. The lowest BCUT2D eigenvalue weighted by atomic mass is 10.2. The Hall–Kier alpha value is -1.83. The number of hydrogen-bond donors (Lipinski definition) is 2. The summed E-state index contributed by atoms with van der Waals surface area (Å²) in [4.78, 5) is 35.8. The zero-order valence-corrected chi connectivity index (χ0v) is 12.1. The van der Waals surface area contributed by atoms with E-state index in [1.165, 1.54) is 11.0 Å². The minimum Gasteiger partial charge on any atom is -0.480 e. The second-order valence-corrected chi connectivity index (χ2v) is 5.15. The molecule has 20 heavy (non-hydrogen) atoms. The Balaban J connectivity index is 1.89. The Labute approximate surface area is 123 Å². The van der Waals surface area contributed by atoms with Gasteiger partial charge < -0.3 is 19.7 Å². The summed E-state index contributed by atoms with van der Waals surface area (Å²) in [6, 6.07) is 2.24. The summed E-state index contributed by atoms with van der Waals surface area (Å²) >= 11 is 3.07. The molecule has 1 aliphatic rings. The first-order chi connectivity index (χ1) is 9.49. The van der Waals surface area contributed by atoms with Crippen LogP contribution in [0.3, 0.4) is 0 Å². The molecule has 0 spiro atoms. The van der Waals surface area contributed by atoms with Crippen molar-refractivity contribution in [3.63, 3.8) is 0 Å². The molecule has 1 aromatic rings. The number of hydrogen-bond acceptors (Lipinski definition) is 4. The molecule has 0 saturated carbocycles. The number of carboxylic acid groups (broad SMARTS) is 1. The molecule has 1 fully saturated rings. The summed E-state index contributed by atoms with van der Waals surface area (Å²) < 4.78 is 5.46. The van der Waals surface area contributed by atoms with Crippen LogP contribution in [0.4, 0.5) is 0 Å². The second-order valence-electron chi connectivity index (χ2n) is 4.37. The number of carbonyl (C=O) groups excluding carboxylic acids is 2. The van der Waals surface area contributed by atoms with E-state index < -0.39 is 23.8 Å². The van der Waals surface area contributed by atoms with E-state index in [0.717, 1.165) is 0 Å². The SMILES string of the molecule is O=C(NCC(=O)N1CCC[C@@H]1C(=O)O)c1ccc(Br)o1. The molecule has 1 atom stereocenters. The highest BCUT2D eigenvalue weighted by Gasteiger charge is 2.33. The summed E-state index contributed by atoms with van der Waals surface area (Å²) in [5.74, 6) is -1.86. The van der Waals surface area contributed by atoms with E-state index in [0.29, 0.717) is 24.1 Å². The fourth-order valence-electron chi connectivity index (χ4n) is 2.10. The average molecular weight is 345 g/mol. The predicted molar refractivity (Wildman–Crippen MR) is 71.1 cm³/mol. The van der Waals surface area contributed by atoms with Crippen molar-refractivity contribution in [3.8, 4) is 0 Å². The van der Waals surface area contributed by atoms with Gasteiger partial charge in [0.2, 0.25) is 5.91 Å². The van der Waals surface area contributed by atoms with Crippen molar-refractivity contribution in [1.82, 2.24) is 10.2 Å². The Kier molecular flexibility index (Phi) is 4.43. The number of nitrogens with zero attached hydrogens (tertiary/aromatic N) is 1. The van der Waals surface area contributed by atoms with Gasteiger partial charge in [-0.05, 0) is 40.9 Å². The molecule has 8 heteroatoms. The number of furan rings is 1. The zero-order valence-electron chi connectivity index (χ0n) is 10.5. The van der Waals surface area contributed by atoms with E-state index >= 15 is 0 Å². The monoisotopic (exact) mass is 344 g/mol. The lowest BCUT2D eigenvalue weighted by Gasteiger charge is -2.21. The van der Waals surface area contributed by atoms with Crippen molar-refractivity contribution >= 4 is 33.7 Å². The number of carbonyl (C=O) groups is 3. The van der Waals surface area contributed by atoms with Crippen molar-refractivity contribution in [2.75, 3.05) is 13.1 Å². The van der Waals surface area contributed by atoms with Gasteiger partial charge in [-0.1, -0.05) is 0 Å². The summed E-state index contributed by atoms with van der Waals surface area (Å²) in [5, 5.41) is 11.4. The fourth-order valence-corrected chi connectivity index (χ4v) is 2.41. The summed E-state index contributed by atoms with van der Waals surface area (Å²) in [7, 11) is 0. The molecule has 7 nitrogen and oxygen atoms in total. The Morgan fingerprint density at radius 3 is 2.80 bits per heavy atom. The third-order valence-corrected chi connectivity index (χ3v) is 3.48. The molecular weight excluding hydrogens is 332 g/mol.